The van der Waals surface area contributed by atoms with Crippen molar-refractivity contribution < 1.29 is 9.53 Å². The number of nitrogens with one attached hydrogen (secondary N) is 1. The number of hydrogen-bond acceptors (Lipinski definition) is 4. The second kappa shape index (κ2) is 12.6. The fourth-order valence-electron chi connectivity index (χ4n) is 3.63. The number of benzene rings is 1. The lowest BCUT2D eigenvalue weighted by Gasteiger charge is -2.39. The Bertz CT molecular complexity index is 533. The van der Waals surface area contributed by atoms with Gasteiger partial charge in [0.25, 0.3) is 0 Å². The Morgan fingerprint density at radius 2 is 1.74 bits per heavy atom. The molecule has 3 N–H and O–H groups in total. The highest BCUT2D eigenvalue weighted by Crippen LogP contribution is 2.21. The lowest BCUT2D eigenvalue weighted by atomic mass is 9.90. The molecule has 1 heterocycles. The minimum atomic E-state index is -1.02. The summed E-state index contributed by atoms with van der Waals surface area (Å²) < 4.78 is 5.49. The molecule has 1 aliphatic rings. The molecule has 1 aliphatic heterocycles. The van der Waals surface area contributed by atoms with Gasteiger partial charge in [-0.05, 0) is 18.4 Å². The maximum atomic E-state index is 12.8. The number of amides is 1. The molecule has 7 heteroatoms. The van der Waals surface area contributed by atoms with Crippen molar-refractivity contribution in [3.05, 3.63) is 35.9 Å². The van der Waals surface area contributed by atoms with Crippen molar-refractivity contribution in [3.8, 4) is 0 Å². The van der Waals surface area contributed by atoms with Crippen LogP contribution in [0.2, 0.25) is 0 Å². The van der Waals surface area contributed by atoms with Crippen LogP contribution in [-0.2, 0) is 15.1 Å². The number of halogens is 2. The smallest absolute Gasteiger partial charge is 0.244 e. The third kappa shape index (κ3) is 6.91. The van der Waals surface area contributed by atoms with E-state index in [4.69, 9.17) is 10.5 Å². The van der Waals surface area contributed by atoms with Gasteiger partial charge in [0.1, 0.15) is 5.54 Å². The van der Waals surface area contributed by atoms with Gasteiger partial charge in [-0.1, -0.05) is 57.0 Å². The SMILES string of the molecule is CCC(CC)C(CNC(=O)C(C)(N)c1ccccc1)N1CCOCC1.Cl.Cl. The first-order valence-corrected chi connectivity index (χ1v) is 9.45. The predicted molar refractivity (Wildman–Crippen MR) is 116 cm³/mol. The molecule has 0 radical (unpaired) electrons. The Hall–Kier alpha value is -0.850. The normalized spacial score (nSPS) is 18.0. The summed E-state index contributed by atoms with van der Waals surface area (Å²) in [5, 5.41) is 3.12. The van der Waals surface area contributed by atoms with Crippen molar-refractivity contribution in [1.82, 2.24) is 10.2 Å². The number of carbonyl (C=O) groups excluding carboxylic acids is 1. The molecule has 1 amide bonds. The van der Waals surface area contributed by atoms with Crippen LogP contribution in [0.1, 0.15) is 39.2 Å². The van der Waals surface area contributed by atoms with E-state index in [0.29, 0.717) is 18.5 Å². The Kier molecular flexibility index (Phi) is 12.2. The summed E-state index contributed by atoms with van der Waals surface area (Å²) in [7, 11) is 0. The molecule has 0 saturated carbocycles. The molecule has 2 atom stereocenters. The third-order valence-electron chi connectivity index (χ3n) is 5.42. The number of carbonyl (C=O) groups is 1. The van der Waals surface area contributed by atoms with Gasteiger partial charge >= 0.3 is 0 Å². The van der Waals surface area contributed by atoms with Gasteiger partial charge < -0.3 is 15.8 Å². The van der Waals surface area contributed by atoms with Crippen molar-refractivity contribution in [3.63, 3.8) is 0 Å². The van der Waals surface area contributed by atoms with E-state index >= 15 is 0 Å². The van der Waals surface area contributed by atoms with Gasteiger partial charge in [-0.2, -0.15) is 0 Å². The van der Waals surface area contributed by atoms with Crippen molar-refractivity contribution in [2.24, 2.45) is 11.7 Å². The maximum Gasteiger partial charge on any atom is 0.244 e. The third-order valence-corrected chi connectivity index (χ3v) is 5.42. The fourth-order valence-corrected chi connectivity index (χ4v) is 3.63. The van der Waals surface area contributed by atoms with Gasteiger partial charge in [0, 0.05) is 25.7 Å². The lowest BCUT2D eigenvalue weighted by molar-refractivity contribution is -0.126. The van der Waals surface area contributed by atoms with Crippen LogP contribution >= 0.6 is 24.8 Å². The summed E-state index contributed by atoms with van der Waals surface area (Å²) in [5.74, 6) is 0.432. The van der Waals surface area contributed by atoms with Gasteiger partial charge in [0.05, 0.1) is 13.2 Å². The second-order valence-corrected chi connectivity index (χ2v) is 7.07. The van der Waals surface area contributed by atoms with E-state index in [-0.39, 0.29) is 30.7 Å². The van der Waals surface area contributed by atoms with Gasteiger partial charge in [-0.15, -0.1) is 24.8 Å². The number of rotatable bonds is 8. The molecular formula is C20H35Cl2N3O2. The Labute approximate surface area is 176 Å². The van der Waals surface area contributed by atoms with E-state index in [2.05, 4.69) is 24.1 Å². The summed E-state index contributed by atoms with van der Waals surface area (Å²) >= 11 is 0. The van der Waals surface area contributed by atoms with E-state index in [0.717, 1.165) is 44.7 Å². The topological polar surface area (TPSA) is 67.6 Å². The van der Waals surface area contributed by atoms with Crippen molar-refractivity contribution in [1.29, 1.82) is 0 Å². The molecule has 0 spiro atoms. The van der Waals surface area contributed by atoms with Crippen molar-refractivity contribution >= 4 is 30.7 Å². The van der Waals surface area contributed by atoms with E-state index in [1.54, 1.807) is 6.92 Å². The minimum absolute atomic E-state index is 0. The number of morpholine rings is 1. The van der Waals surface area contributed by atoms with Crippen LogP contribution in [0.25, 0.3) is 0 Å². The zero-order valence-corrected chi connectivity index (χ0v) is 18.3. The summed E-state index contributed by atoms with van der Waals surface area (Å²) in [6.45, 7) is 10.2. The molecule has 1 aromatic carbocycles. The molecule has 27 heavy (non-hydrogen) atoms. The Morgan fingerprint density at radius 3 is 2.26 bits per heavy atom. The van der Waals surface area contributed by atoms with E-state index < -0.39 is 5.54 Å². The lowest BCUT2D eigenvalue weighted by Crippen LogP contribution is -2.55. The molecule has 1 aromatic rings. The largest absolute Gasteiger partial charge is 0.379 e. The number of hydrogen-bond donors (Lipinski definition) is 2. The monoisotopic (exact) mass is 419 g/mol. The van der Waals surface area contributed by atoms with Crippen LogP contribution in [0, 0.1) is 5.92 Å². The number of nitrogens with zero attached hydrogens (tertiary/aromatic N) is 1. The van der Waals surface area contributed by atoms with Crippen LogP contribution in [0.3, 0.4) is 0 Å². The molecule has 156 valence electrons. The Balaban J connectivity index is 0.00000338. The van der Waals surface area contributed by atoms with Gasteiger partial charge in [0.15, 0.2) is 0 Å². The van der Waals surface area contributed by atoms with E-state index in [1.165, 1.54) is 0 Å². The highest BCUT2D eigenvalue weighted by molar-refractivity contribution is 5.87. The van der Waals surface area contributed by atoms with Gasteiger partial charge in [-0.3, -0.25) is 9.69 Å². The van der Waals surface area contributed by atoms with Crippen LogP contribution in [0.5, 0.6) is 0 Å². The van der Waals surface area contributed by atoms with Crippen LogP contribution < -0.4 is 11.1 Å². The molecule has 0 aliphatic carbocycles. The molecule has 1 saturated heterocycles. The van der Waals surface area contributed by atoms with Crippen LogP contribution in [0.15, 0.2) is 30.3 Å². The highest BCUT2D eigenvalue weighted by atomic mass is 35.5. The fraction of sp³-hybridized carbons (Fsp3) is 0.650. The zero-order chi connectivity index (χ0) is 18.3. The van der Waals surface area contributed by atoms with Crippen molar-refractivity contribution in [2.45, 2.75) is 45.2 Å². The first-order chi connectivity index (χ1) is 12.0. The summed E-state index contributed by atoms with van der Waals surface area (Å²) in [6.07, 6.45) is 2.21. The second-order valence-electron chi connectivity index (χ2n) is 7.07. The first kappa shape index (κ1) is 26.1. The first-order valence-electron chi connectivity index (χ1n) is 9.45. The minimum Gasteiger partial charge on any atom is -0.379 e. The molecule has 0 bridgehead atoms. The van der Waals surface area contributed by atoms with Gasteiger partial charge in [0.2, 0.25) is 5.91 Å². The predicted octanol–water partition coefficient (Wildman–Crippen LogP) is 2.96. The molecule has 0 aromatic heterocycles. The van der Waals surface area contributed by atoms with E-state index in [9.17, 15) is 4.79 Å². The molecule has 1 fully saturated rings. The Morgan fingerprint density at radius 1 is 1.19 bits per heavy atom. The van der Waals surface area contributed by atoms with Crippen molar-refractivity contribution in [2.75, 3.05) is 32.8 Å². The molecule has 2 rings (SSSR count). The number of nitrogens with two attached hydrogens (primary N) is 1. The van der Waals surface area contributed by atoms with Crippen LogP contribution in [0.4, 0.5) is 0 Å². The zero-order valence-electron chi connectivity index (χ0n) is 16.6. The quantitative estimate of drug-likeness (QED) is 0.679. The number of ether oxygens (including phenoxy) is 1. The molecular weight excluding hydrogens is 385 g/mol. The summed E-state index contributed by atoms with van der Waals surface area (Å²) in [6, 6.07) is 9.89. The summed E-state index contributed by atoms with van der Waals surface area (Å²) in [5.41, 5.74) is 6.15. The average Bonchev–Trinajstić information content (AvgIpc) is 2.66. The average molecular weight is 420 g/mol. The molecule has 5 nitrogen and oxygen atoms in total. The van der Waals surface area contributed by atoms with Gasteiger partial charge in [-0.25, -0.2) is 0 Å². The maximum absolute atomic E-state index is 12.8. The standard InChI is InChI=1S/C20H33N3O2.2ClH/c1-4-16(5-2)18(23-11-13-25-14-12-23)15-22-19(24)20(3,21)17-9-7-6-8-10-17;;/h6-10,16,18H,4-5,11-15,21H2,1-3H3,(H,22,24);2*1H. The highest BCUT2D eigenvalue weighted by Gasteiger charge is 2.32. The van der Waals surface area contributed by atoms with E-state index in [1.807, 2.05) is 30.3 Å². The summed E-state index contributed by atoms with van der Waals surface area (Å²) in [4.78, 5) is 15.2. The van der Waals surface area contributed by atoms with Crippen LogP contribution in [-0.4, -0.2) is 49.7 Å². The molecule has 2 unspecified atom stereocenters.